The third-order valence-corrected chi connectivity index (χ3v) is 2.63. The topological polar surface area (TPSA) is 0 Å². The molecule has 0 atom stereocenters. The maximum absolute atomic E-state index is 5.28. The fraction of sp³-hybridized carbons (Fsp3) is 0.333. The highest BCUT2D eigenvalue weighted by Gasteiger charge is 1.97. The summed E-state index contributed by atoms with van der Waals surface area (Å²) in [6.07, 6.45) is 7.08. The van der Waals surface area contributed by atoms with Crippen LogP contribution in [0.2, 0.25) is 0 Å². The standard InChI is InChI=1S/C12H13Br/c1-3-5-11-6-10(4-2)7-12(8-11)9-13/h1,6-8H,4-5,9H2,2H3. The van der Waals surface area contributed by atoms with Gasteiger partial charge >= 0.3 is 0 Å². The lowest BCUT2D eigenvalue weighted by Crippen LogP contribution is -1.90. The first-order chi connectivity index (χ1) is 6.30. The number of terminal acetylenes is 1. The van der Waals surface area contributed by atoms with Crippen molar-refractivity contribution in [3.63, 3.8) is 0 Å². The van der Waals surface area contributed by atoms with Crippen LogP contribution in [-0.2, 0) is 18.2 Å². The average Bonchev–Trinajstić information content (AvgIpc) is 2.17. The summed E-state index contributed by atoms with van der Waals surface area (Å²) >= 11 is 3.45. The average molecular weight is 237 g/mol. The monoisotopic (exact) mass is 236 g/mol. The largest absolute Gasteiger partial charge is 0.120 e. The molecule has 0 aliphatic heterocycles. The van der Waals surface area contributed by atoms with E-state index in [-0.39, 0.29) is 0 Å². The van der Waals surface area contributed by atoms with Gasteiger partial charge in [0.25, 0.3) is 0 Å². The zero-order valence-electron chi connectivity index (χ0n) is 7.81. The normalized spacial score (nSPS) is 9.62. The molecule has 0 heterocycles. The summed E-state index contributed by atoms with van der Waals surface area (Å²) in [7, 11) is 0. The van der Waals surface area contributed by atoms with Crippen molar-refractivity contribution >= 4 is 15.9 Å². The maximum atomic E-state index is 5.28. The molecule has 0 aliphatic carbocycles. The van der Waals surface area contributed by atoms with Crippen molar-refractivity contribution in [2.75, 3.05) is 0 Å². The van der Waals surface area contributed by atoms with Crippen molar-refractivity contribution in [1.29, 1.82) is 0 Å². The van der Waals surface area contributed by atoms with Gasteiger partial charge in [-0.15, -0.1) is 12.3 Å². The summed E-state index contributed by atoms with van der Waals surface area (Å²) in [4.78, 5) is 0. The molecule has 0 radical (unpaired) electrons. The number of rotatable bonds is 3. The Morgan fingerprint density at radius 2 is 1.85 bits per heavy atom. The van der Waals surface area contributed by atoms with E-state index in [2.05, 4.69) is 47.0 Å². The van der Waals surface area contributed by atoms with Gasteiger partial charge in [-0.05, 0) is 23.1 Å². The van der Waals surface area contributed by atoms with Gasteiger partial charge in [0, 0.05) is 11.8 Å². The van der Waals surface area contributed by atoms with E-state index < -0.39 is 0 Å². The van der Waals surface area contributed by atoms with E-state index in [4.69, 9.17) is 6.42 Å². The van der Waals surface area contributed by atoms with Crippen LogP contribution in [0.25, 0.3) is 0 Å². The van der Waals surface area contributed by atoms with E-state index in [0.717, 1.165) is 18.2 Å². The number of aryl methyl sites for hydroxylation is 1. The van der Waals surface area contributed by atoms with Gasteiger partial charge in [0.1, 0.15) is 0 Å². The predicted molar refractivity (Wildman–Crippen MR) is 61.0 cm³/mol. The minimum absolute atomic E-state index is 0.730. The Bertz CT molecular complexity index is 298. The molecule has 0 nitrogen and oxygen atoms in total. The lowest BCUT2D eigenvalue weighted by molar-refractivity contribution is 1.11. The van der Waals surface area contributed by atoms with E-state index in [1.165, 1.54) is 16.7 Å². The quantitative estimate of drug-likeness (QED) is 0.558. The molecule has 1 aromatic carbocycles. The van der Waals surface area contributed by atoms with Crippen LogP contribution in [0.4, 0.5) is 0 Å². The van der Waals surface area contributed by atoms with Crippen LogP contribution in [0.1, 0.15) is 23.6 Å². The summed E-state index contributed by atoms with van der Waals surface area (Å²) in [5, 5.41) is 0.901. The molecule has 1 rings (SSSR count). The van der Waals surface area contributed by atoms with Gasteiger partial charge in [-0.25, -0.2) is 0 Å². The smallest absolute Gasteiger partial charge is 0.0337 e. The molecule has 0 saturated carbocycles. The second-order valence-electron chi connectivity index (χ2n) is 3.03. The third-order valence-electron chi connectivity index (χ3n) is 1.98. The number of benzene rings is 1. The highest BCUT2D eigenvalue weighted by Crippen LogP contribution is 2.14. The first-order valence-corrected chi connectivity index (χ1v) is 5.53. The van der Waals surface area contributed by atoms with Gasteiger partial charge in [-0.2, -0.15) is 0 Å². The number of alkyl halides is 1. The first kappa shape index (κ1) is 10.3. The third kappa shape index (κ3) is 2.90. The molecular weight excluding hydrogens is 224 g/mol. The van der Waals surface area contributed by atoms with Crippen molar-refractivity contribution < 1.29 is 0 Å². The molecule has 68 valence electrons. The molecule has 0 saturated heterocycles. The number of hydrogen-bond donors (Lipinski definition) is 0. The Hall–Kier alpha value is -0.740. The molecule has 0 fully saturated rings. The summed E-state index contributed by atoms with van der Waals surface area (Å²) < 4.78 is 0. The Balaban J connectivity index is 3.01. The van der Waals surface area contributed by atoms with Crippen molar-refractivity contribution in [2.24, 2.45) is 0 Å². The Labute approximate surface area is 88.5 Å². The second kappa shape index (κ2) is 5.09. The van der Waals surface area contributed by atoms with Crippen LogP contribution in [0.5, 0.6) is 0 Å². The predicted octanol–water partition coefficient (Wildman–Crippen LogP) is 3.32. The van der Waals surface area contributed by atoms with Crippen molar-refractivity contribution in [2.45, 2.75) is 25.1 Å². The fourth-order valence-corrected chi connectivity index (χ4v) is 1.66. The summed E-state index contributed by atoms with van der Waals surface area (Å²) in [5.74, 6) is 2.67. The van der Waals surface area contributed by atoms with Crippen LogP contribution in [0.15, 0.2) is 18.2 Å². The van der Waals surface area contributed by atoms with E-state index in [9.17, 15) is 0 Å². The highest BCUT2D eigenvalue weighted by atomic mass is 79.9. The molecule has 0 spiro atoms. The molecule has 0 aromatic heterocycles. The second-order valence-corrected chi connectivity index (χ2v) is 3.59. The molecule has 0 unspecified atom stereocenters. The molecule has 0 aliphatic rings. The molecule has 0 bridgehead atoms. The zero-order chi connectivity index (χ0) is 9.68. The van der Waals surface area contributed by atoms with Crippen LogP contribution < -0.4 is 0 Å². The van der Waals surface area contributed by atoms with Crippen molar-refractivity contribution in [3.05, 3.63) is 34.9 Å². The minimum Gasteiger partial charge on any atom is -0.120 e. The summed E-state index contributed by atoms with van der Waals surface area (Å²) in [5.41, 5.74) is 3.92. The van der Waals surface area contributed by atoms with Gasteiger partial charge in [0.15, 0.2) is 0 Å². The first-order valence-electron chi connectivity index (χ1n) is 4.41. The van der Waals surface area contributed by atoms with Crippen LogP contribution >= 0.6 is 15.9 Å². The van der Waals surface area contributed by atoms with Crippen LogP contribution in [-0.4, -0.2) is 0 Å². The zero-order valence-corrected chi connectivity index (χ0v) is 9.39. The lowest BCUT2D eigenvalue weighted by Gasteiger charge is -2.04. The van der Waals surface area contributed by atoms with Gasteiger partial charge in [0.2, 0.25) is 0 Å². The van der Waals surface area contributed by atoms with E-state index in [0.29, 0.717) is 0 Å². The minimum atomic E-state index is 0.730. The molecular formula is C12H13Br. The van der Waals surface area contributed by atoms with Crippen molar-refractivity contribution in [3.8, 4) is 12.3 Å². The Kier molecular flexibility index (Phi) is 4.05. The van der Waals surface area contributed by atoms with Gasteiger partial charge in [-0.3, -0.25) is 0 Å². The van der Waals surface area contributed by atoms with Gasteiger partial charge < -0.3 is 0 Å². The SMILES string of the molecule is C#CCc1cc(CC)cc(CBr)c1. The van der Waals surface area contributed by atoms with E-state index >= 15 is 0 Å². The molecule has 0 amide bonds. The highest BCUT2D eigenvalue weighted by molar-refractivity contribution is 9.08. The Morgan fingerprint density at radius 3 is 2.38 bits per heavy atom. The molecule has 1 heteroatoms. The Morgan fingerprint density at radius 1 is 1.23 bits per heavy atom. The number of hydrogen-bond acceptors (Lipinski definition) is 0. The van der Waals surface area contributed by atoms with Crippen LogP contribution in [0, 0.1) is 12.3 Å². The summed E-state index contributed by atoms with van der Waals surface area (Å²) in [6.45, 7) is 2.16. The lowest BCUT2D eigenvalue weighted by atomic mass is 10.0. The maximum Gasteiger partial charge on any atom is 0.0337 e. The van der Waals surface area contributed by atoms with Crippen molar-refractivity contribution in [1.82, 2.24) is 0 Å². The fourth-order valence-electron chi connectivity index (χ4n) is 1.34. The summed E-state index contributed by atoms with van der Waals surface area (Å²) in [6, 6.07) is 6.56. The molecule has 0 N–H and O–H groups in total. The molecule has 13 heavy (non-hydrogen) atoms. The number of halogens is 1. The van der Waals surface area contributed by atoms with Crippen LogP contribution in [0.3, 0.4) is 0 Å². The van der Waals surface area contributed by atoms with E-state index in [1.807, 2.05) is 0 Å². The van der Waals surface area contributed by atoms with Gasteiger partial charge in [0.05, 0.1) is 0 Å². The van der Waals surface area contributed by atoms with Gasteiger partial charge in [-0.1, -0.05) is 41.1 Å². The molecule has 1 aromatic rings. The van der Waals surface area contributed by atoms with E-state index in [1.54, 1.807) is 0 Å².